The average molecular weight is 243 g/mol. The topological polar surface area (TPSA) is 74.9 Å². The molecule has 6 nitrogen and oxygen atoms in total. The number of nitrogens with one attached hydrogen (secondary N) is 2. The average Bonchev–Trinajstić information content (AvgIpc) is 2.35. The highest BCUT2D eigenvalue weighted by molar-refractivity contribution is 5.79. The van der Waals surface area contributed by atoms with Crippen LogP contribution in [0.15, 0.2) is 4.99 Å². The lowest BCUT2D eigenvalue weighted by Crippen LogP contribution is -2.50. The van der Waals surface area contributed by atoms with E-state index in [0.29, 0.717) is 12.0 Å². The zero-order valence-electron chi connectivity index (χ0n) is 10.9. The van der Waals surface area contributed by atoms with Crippen LogP contribution < -0.4 is 16.6 Å². The third-order valence-electron chi connectivity index (χ3n) is 2.65. The van der Waals surface area contributed by atoms with Crippen molar-refractivity contribution in [3.05, 3.63) is 0 Å². The van der Waals surface area contributed by atoms with Gasteiger partial charge in [0, 0.05) is 32.2 Å². The van der Waals surface area contributed by atoms with E-state index in [0.717, 1.165) is 45.8 Å². The van der Waals surface area contributed by atoms with Crippen LogP contribution >= 0.6 is 0 Å². The molecule has 1 aliphatic heterocycles. The summed E-state index contributed by atoms with van der Waals surface area (Å²) >= 11 is 0. The van der Waals surface area contributed by atoms with Crippen LogP contribution in [0.25, 0.3) is 0 Å². The van der Waals surface area contributed by atoms with E-state index < -0.39 is 0 Å². The van der Waals surface area contributed by atoms with Crippen LogP contribution in [0.1, 0.15) is 20.3 Å². The maximum Gasteiger partial charge on any atom is 0.205 e. The van der Waals surface area contributed by atoms with E-state index in [2.05, 4.69) is 34.5 Å². The summed E-state index contributed by atoms with van der Waals surface area (Å²) in [5, 5.41) is 3.28. The number of guanidine groups is 1. The van der Waals surface area contributed by atoms with Gasteiger partial charge in [0.1, 0.15) is 0 Å². The molecule has 0 spiro atoms. The zero-order chi connectivity index (χ0) is 12.5. The van der Waals surface area contributed by atoms with Crippen molar-refractivity contribution in [3.8, 4) is 0 Å². The van der Waals surface area contributed by atoms with Gasteiger partial charge in [-0.25, -0.2) is 5.84 Å². The molecule has 0 bridgehead atoms. The minimum atomic E-state index is 0.319. The maximum atomic E-state index is 5.42. The van der Waals surface area contributed by atoms with Gasteiger partial charge >= 0.3 is 0 Å². The molecule has 1 saturated heterocycles. The molecular weight excluding hydrogens is 218 g/mol. The van der Waals surface area contributed by atoms with E-state index in [-0.39, 0.29) is 0 Å². The van der Waals surface area contributed by atoms with Gasteiger partial charge < -0.3 is 10.1 Å². The molecule has 0 radical (unpaired) electrons. The lowest BCUT2D eigenvalue weighted by atomic mass is 10.3. The third kappa shape index (κ3) is 5.86. The Kier molecular flexibility index (Phi) is 6.91. The molecule has 1 atom stereocenters. The second-order valence-electron chi connectivity index (χ2n) is 4.33. The smallest absolute Gasteiger partial charge is 0.205 e. The molecule has 4 N–H and O–H groups in total. The first-order chi connectivity index (χ1) is 8.26. The molecule has 0 aromatic heterocycles. The Labute approximate surface area is 104 Å². The lowest BCUT2D eigenvalue weighted by Gasteiger charge is -2.29. The predicted octanol–water partition coefficient (Wildman–Crippen LogP) is -0.474. The Morgan fingerprint density at radius 2 is 2.18 bits per heavy atom. The van der Waals surface area contributed by atoms with Crippen LogP contribution in [0.3, 0.4) is 0 Å². The van der Waals surface area contributed by atoms with Crippen molar-refractivity contribution in [3.63, 3.8) is 0 Å². The zero-order valence-corrected chi connectivity index (χ0v) is 10.9. The lowest BCUT2D eigenvalue weighted by molar-refractivity contribution is 0.0352. The van der Waals surface area contributed by atoms with Gasteiger partial charge in [-0.15, -0.1) is 0 Å². The summed E-state index contributed by atoms with van der Waals surface area (Å²) in [6.07, 6.45) is 1.02. The molecular formula is C11H25N5O. The van der Waals surface area contributed by atoms with Crippen LogP contribution in [-0.2, 0) is 4.74 Å². The minimum absolute atomic E-state index is 0.319. The van der Waals surface area contributed by atoms with Crippen molar-refractivity contribution >= 4 is 5.96 Å². The summed E-state index contributed by atoms with van der Waals surface area (Å²) in [4.78, 5) is 6.70. The van der Waals surface area contributed by atoms with E-state index in [1.807, 2.05) is 0 Å². The van der Waals surface area contributed by atoms with Crippen molar-refractivity contribution in [2.75, 3.05) is 39.4 Å². The molecule has 0 aromatic carbocycles. The van der Waals surface area contributed by atoms with Crippen LogP contribution in [0, 0.1) is 0 Å². The number of hydrogen-bond donors (Lipinski definition) is 3. The molecule has 17 heavy (non-hydrogen) atoms. The van der Waals surface area contributed by atoms with Gasteiger partial charge in [0.15, 0.2) is 0 Å². The molecule has 0 amide bonds. The molecule has 0 aliphatic carbocycles. The number of ether oxygens (including phenoxy) is 1. The first-order valence-corrected chi connectivity index (χ1v) is 6.34. The fourth-order valence-electron chi connectivity index (χ4n) is 1.81. The summed E-state index contributed by atoms with van der Waals surface area (Å²) in [6.45, 7) is 9.67. The second kappa shape index (κ2) is 8.27. The fraction of sp³-hybridized carbons (Fsp3) is 0.909. The van der Waals surface area contributed by atoms with Crippen LogP contribution in [0.2, 0.25) is 0 Å². The van der Waals surface area contributed by atoms with Crippen LogP contribution in [0.5, 0.6) is 0 Å². The summed E-state index contributed by atoms with van der Waals surface area (Å²) in [5.41, 5.74) is 2.60. The monoisotopic (exact) mass is 243 g/mol. The van der Waals surface area contributed by atoms with Crippen molar-refractivity contribution in [1.82, 2.24) is 15.6 Å². The molecule has 1 heterocycles. The highest BCUT2D eigenvalue weighted by Gasteiger charge is 2.14. The van der Waals surface area contributed by atoms with E-state index in [1.165, 1.54) is 0 Å². The van der Waals surface area contributed by atoms with E-state index >= 15 is 0 Å². The summed E-state index contributed by atoms with van der Waals surface area (Å²) in [7, 11) is 0. The third-order valence-corrected chi connectivity index (χ3v) is 2.65. The van der Waals surface area contributed by atoms with Crippen LogP contribution in [-0.4, -0.2) is 56.3 Å². The molecule has 6 heteroatoms. The molecule has 0 saturated carbocycles. The Balaban J connectivity index is 2.28. The maximum absolute atomic E-state index is 5.42. The number of nitrogens with two attached hydrogens (primary N) is 1. The number of morpholine rings is 1. The Hall–Kier alpha value is -0.850. The van der Waals surface area contributed by atoms with E-state index in [9.17, 15) is 0 Å². The predicted molar refractivity (Wildman–Crippen MR) is 69.8 cm³/mol. The largest absolute Gasteiger partial charge is 0.379 e. The number of nitrogens with zero attached hydrogens (tertiary/aromatic N) is 2. The van der Waals surface area contributed by atoms with Crippen molar-refractivity contribution in [2.45, 2.75) is 26.3 Å². The molecule has 1 rings (SSSR count). The Bertz CT molecular complexity index is 228. The van der Waals surface area contributed by atoms with Crippen molar-refractivity contribution in [1.29, 1.82) is 0 Å². The standard InChI is InChI=1S/C11H25N5O/c1-3-4-13-11(15-12)14-10(2)9-16-5-7-17-8-6-16/h10H,3-9,12H2,1-2H3,(H2,13,14,15). The van der Waals surface area contributed by atoms with Crippen LogP contribution in [0.4, 0.5) is 0 Å². The molecule has 100 valence electrons. The second-order valence-corrected chi connectivity index (χ2v) is 4.33. The molecule has 0 aromatic rings. The molecule has 1 unspecified atom stereocenters. The van der Waals surface area contributed by atoms with Gasteiger partial charge in [-0.05, 0) is 13.3 Å². The minimum Gasteiger partial charge on any atom is -0.379 e. The first kappa shape index (κ1) is 14.2. The quantitative estimate of drug-likeness (QED) is 0.263. The van der Waals surface area contributed by atoms with Gasteiger partial charge in [0.25, 0.3) is 0 Å². The van der Waals surface area contributed by atoms with E-state index in [4.69, 9.17) is 10.6 Å². The van der Waals surface area contributed by atoms with Crippen molar-refractivity contribution in [2.24, 2.45) is 10.8 Å². The number of hydrazine groups is 1. The van der Waals surface area contributed by atoms with Gasteiger partial charge in [-0.3, -0.25) is 15.3 Å². The first-order valence-electron chi connectivity index (χ1n) is 6.34. The van der Waals surface area contributed by atoms with Crippen molar-refractivity contribution < 1.29 is 4.74 Å². The summed E-state index contributed by atoms with van der Waals surface area (Å²) < 4.78 is 5.32. The Morgan fingerprint density at radius 3 is 2.76 bits per heavy atom. The van der Waals surface area contributed by atoms with E-state index in [1.54, 1.807) is 0 Å². The number of rotatable bonds is 5. The SMILES string of the molecule is CCCN=C(NN)NC(C)CN1CCOCC1. The highest BCUT2D eigenvalue weighted by atomic mass is 16.5. The number of aliphatic imine (C=N–C) groups is 1. The Morgan fingerprint density at radius 1 is 1.47 bits per heavy atom. The highest BCUT2D eigenvalue weighted by Crippen LogP contribution is 1.98. The summed E-state index contributed by atoms with van der Waals surface area (Å²) in [5.74, 6) is 6.09. The van der Waals surface area contributed by atoms with Gasteiger partial charge in [0.05, 0.1) is 13.2 Å². The summed E-state index contributed by atoms with van der Waals surface area (Å²) in [6, 6.07) is 0.319. The normalized spacial score (nSPS) is 20.1. The fourth-order valence-corrected chi connectivity index (χ4v) is 1.81. The van der Waals surface area contributed by atoms with Gasteiger partial charge in [-0.2, -0.15) is 0 Å². The van der Waals surface area contributed by atoms with Gasteiger partial charge in [-0.1, -0.05) is 6.92 Å². The number of hydrogen-bond acceptors (Lipinski definition) is 4. The molecule has 1 fully saturated rings. The van der Waals surface area contributed by atoms with Gasteiger partial charge in [0.2, 0.25) is 5.96 Å². The molecule has 1 aliphatic rings.